The van der Waals surface area contributed by atoms with Gasteiger partial charge >= 0.3 is 0 Å². The van der Waals surface area contributed by atoms with Crippen molar-refractivity contribution < 1.29 is 13.6 Å². The average molecular weight is 380 g/mol. The van der Waals surface area contributed by atoms with Crippen LogP contribution in [0.2, 0.25) is 0 Å². The summed E-state index contributed by atoms with van der Waals surface area (Å²) in [5, 5.41) is 3.97. The van der Waals surface area contributed by atoms with E-state index in [9.17, 15) is 13.6 Å². The van der Waals surface area contributed by atoms with Crippen LogP contribution in [-0.4, -0.2) is 16.8 Å². The van der Waals surface area contributed by atoms with Crippen LogP contribution in [-0.2, 0) is 0 Å². The van der Waals surface area contributed by atoms with Gasteiger partial charge in [-0.3, -0.25) is 9.78 Å². The molecule has 0 spiro atoms. The van der Waals surface area contributed by atoms with Crippen LogP contribution >= 0.6 is 0 Å². The molecule has 1 atom stereocenters. The lowest BCUT2D eigenvalue weighted by Crippen LogP contribution is -2.34. The third kappa shape index (κ3) is 3.49. The number of benzene rings is 2. The van der Waals surface area contributed by atoms with Crippen molar-refractivity contribution in [3.05, 3.63) is 77.0 Å². The first-order valence-corrected chi connectivity index (χ1v) is 9.48. The van der Waals surface area contributed by atoms with Gasteiger partial charge in [0, 0.05) is 35.4 Å². The number of aromatic nitrogens is 1. The minimum atomic E-state index is -2.59. The first-order chi connectivity index (χ1) is 13.3. The topological polar surface area (TPSA) is 42.0 Å². The highest BCUT2D eigenvalue weighted by molar-refractivity contribution is 5.96. The molecule has 1 saturated carbocycles. The van der Waals surface area contributed by atoms with Crippen LogP contribution in [0.3, 0.4) is 0 Å². The molecule has 1 N–H and O–H groups in total. The van der Waals surface area contributed by atoms with Crippen LogP contribution in [0.4, 0.5) is 8.78 Å². The Kier molecular flexibility index (Phi) is 4.61. The van der Waals surface area contributed by atoms with Gasteiger partial charge in [0.2, 0.25) is 5.92 Å². The Morgan fingerprint density at radius 3 is 2.54 bits per heavy atom. The Bertz CT molecular complexity index is 1040. The van der Waals surface area contributed by atoms with Crippen molar-refractivity contribution in [1.82, 2.24) is 10.3 Å². The number of amides is 1. The second-order valence-corrected chi connectivity index (χ2v) is 7.62. The smallest absolute Gasteiger partial charge is 0.252 e. The highest BCUT2D eigenvalue weighted by Crippen LogP contribution is 2.48. The van der Waals surface area contributed by atoms with Crippen LogP contribution in [0.25, 0.3) is 10.9 Å². The van der Waals surface area contributed by atoms with Crippen LogP contribution in [0, 0.1) is 6.92 Å². The van der Waals surface area contributed by atoms with Crippen molar-refractivity contribution in [3.63, 3.8) is 0 Å². The van der Waals surface area contributed by atoms with Gasteiger partial charge in [0.25, 0.3) is 5.91 Å². The van der Waals surface area contributed by atoms with E-state index < -0.39 is 5.92 Å². The zero-order valence-corrected chi connectivity index (χ0v) is 15.9. The fraction of sp³-hybridized carbons (Fsp3) is 0.304. The molecule has 1 heterocycles. The second kappa shape index (κ2) is 6.97. The predicted octanol–water partition coefficient (Wildman–Crippen LogP) is 5.55. The molecule has 0 unspecified atom stereocenters. The Balaban J connectivity index is 1.67. The van der Waals surface area contributed by atoms with E-state index in [1.165, 1.54) is 0 Å². The van der Waals surface area contributed by atoms with E-state index in [1.807, 2.05) is 62.4 Å². The molecule has 3 nitrogen and oxygen atoms in total. The van der Waals surface area contributed by atoms with E-state index in [0.717, 1.165) is 22.0 Å². The highest BCUT2D eigenvalue weighted by Gasteiger charge is 2.46. The maximum atomic E-state index is 13.4. The molecule has 5 heteroatoms. The van der Waals surface area contributed by atoms with E-state index in [4.69, 9.17) is 0 Å². The van der Waals surface area contributed by atoms with Gasteiger partial charge in [-0.15, -0.1) is 0 Å². The summed E-state index contributed by atoms with van der Waals surface area (Å²) in [5.74, 6) is -2.98. The molecule has 2 aromatic carbocycles. The number of aryl methyl sites for hydroxylation is 1. The summed E-state index contributed by atoms with van der Waals surface area (Å²) in [5.41, 5.74) is 3.88. The molecule has 1 fully saturated rings. The van der Waals surface area contributed by atoms with E-state index in [2.05, 4.69) is 10.3 Å². The van der Waals surface area contributed by atoms with Crippen molar-refractivity contribution in [2.45, 2.75) is 44.6 Å². The number of alkyl halides is 2. The number of rotatable bonds is 4. The third-order valence-electron chi connectivity index (χ3n) is 5.48. The Morgan fingerprint density at radius 1 is 1.14 bits per heavy atom. The summed E-state index contributed by atoms with van der Waals surface area (Å²) in [6.45, 7) is 3.81. The van der Waals surface area contributed by atoms with E-state index in [1.54, 1.807) is 6.07 Å². The van der Waals surface area contributed by atoms with E-state index in [-0.39, 0.29) is 30.7 Å². The molecule has 0 saturated heterocycles. The largest absolute Gasteiger partial charge is 0.345 e. The van der Waals surface area contributed by atoms with E-state index >= 15 is 0 Å². The summed E-state index contributed by atoms with van der Waals surface area (Å²) >= 11 is 0. The highest BCUT2D eigenvalue weighted by atomic mass is 19.3. The zero-order valence-electron chi connectivity index (χ0n) is 15.9. The first-order valence-electron chi connectivity index (χ1n) is 9.48. The maximum Gasteiger partial charge on any atom is 0.252 e. The van der Waals surface area contributed by atoms with Gasteiger partial charge in [-0.25, -0.2) is 8.78 Å². The molecule has 4 rings (SSSR count). The van der Waals surface area contributed by atoms with Crippen molar-refractivity contribution >= 4 is 16.8 Å². The average Bonchev–Trinajstić information content (AvgIpc) is 2.65. The Hall–Kier alpha value is -2.82. The fourth-order valence-electron chi connectivity index (χ4n) is 3.84. The minimum Gasteiger partial charge on any atom is -0.345 e. The molecule has 0 bridgehead atoms. The molecular weight excluding hydrogens is 358 g/mol. The molecule has 1 aromatic heterocycles. The fourth-order valence-corrected chi connectivity index (χ4v) is 3.84. The summed E-state index contributed by atoms with van der Waals surface area (Å²) < 4.78 is 26.7. The molecule has 1 amide bonds. The number of pyridine rings is 1. The first kappa shape index (κ1) is 18.5. The van der Waals surface area contributed by atoms with Gasteiger partial charge in [-0.1, -0.05) is 36.4 Å². The molecule has 0 radical (unpaired) electrons. The zero-order chi connectivity index (χ0) is 19.9. The van der Waals surface area contributed by atoms with Crippen molar-refractivity contribution in [2.24, 2.45) is 0 Å². The summed E-state index contributed by atoms with van der Waals surface area (Å²) in [7, 11) is 0. The van der Waals surface area contributed by atoms with Gasteiger partial charge in [0.05, 0.1) is 11.6 Å². The molecular formula is C23H22F2N2O. The van der Waals surface area contributed by atoms with Crippen LogP contribution in [0.15, 0.2) is 54.6 Å². The molecule has 0 aliphatic heterocycles. The number of fused-ring (bicyclic) bond motifs is 1. The lowest BCUT2D eigenvalue weighted by Gasteiger charge is -2.35. The molecule has 1 aliphatic carbocycles. The second-order valence-electron chi connectivity index (χ2n) is 7.62. The number of para-hydroxylation sites is 1. The predicted molar refractivity (Wildman–Crippen MR) is 106 cm³/mol. The van der Waals surface area contributed by atoms with E-state index in [0.29, 0.717) is 11.3 Å². The lowest BCUT2D eigenvalue weighted by atomic mass is 9.78. The van der Waals surface area contributed by atoms with Gasteiger partial charge in [0.15, 0.2) is 0 Å². The van der Waals surface area contributed by atoms with Gasteiger partial charge < -0.3 is 5.32 Å². The summed E-state index contributed by atoms with van der Waals surface area (Å²) in [6.07, 6.45) is -0.330. The monoisotopic (exact) mass is 380 g/mol. The number of nitrogens with one attached hydrogen (secondary N) is 1. The van der Waals surface area contributed by atoms with Crippen molar-refractivity contribution in [3.8, 4) is 0 Å². The normalized spacial score (nSPS) is 17.1. The van der Waals surface area contributed by atoms with Crippen molar-refractivity contribution in [1.29, 1.82) is 0 Å². The molecule has 3 aromatic rings. The lowest BCUT2D eigenvalue weighted by molar-refractivity contribution is -0.0875. The standard InChI is InChI=1S/C23H22F2N2O/c1-14-7-3-4-8-17(14)22(28)26-15(2)19-11-21(16-12-23(24,25)13-16)27-20-10-6-5-9-18(19)20/h3-11,15-16H,12-13H2,1-2H3,(H,26,28)/t15-/m1/s1. The van der Waals surface area contributed by atoms with Gasteiger partial charge in [-0.05, 0) is 43.2 Å². The quantitative estimate of drug-likeness (QED) is 0.645. The number of nitrogens with zero attached hydrogens (tertiary/aromatic N) is 1. The van der Waals surface area contributed by atoms with Crippen LogP contribution in [0.5, 0.6) is 0 Å². The third-order valence-corrected chi connectivity index (χ3v) is 5.48. The number of hydrogen-bond acceptors (Lipinski definition) is 2. The summed E-state index contributed by atoms with van der Waals surface area (Å²) in [4.78, 5) is 17.3. The van der Waals surface area contributed by atoms with Gasteiger partial charge in [0.1, 0.15) is 0 Å². The molecule has 144 valence electrons. The number of halogens is 2. The number of carbonyl (C=O) groups excluding carboxylic acids is 1. The number of carbonyl (C=O) groups is 1. The van der Waals surface area contributed by atoms with Crippen LogP contribution < -0.4 is 5.32 Å². The molecule has 1 aliphatic rings. The Labute approximate surface area is 162 Å². The number of hydrogen-bond donors (Lipinski definition) is 1. The van der Waals surface area contributed by atoms with Crippen LogP contribution in [0.1, 0.15) is 58.9 Å². The van der Waals surface area contributed by atoms with Crippen molar-refractivity contribution in [2.75, 3.05) is 0 Å². The molecule has 28 heavy (non-hydrogen) atoms. The maximum absolute atomic E-state index is 13.4. The Morgan fingerprint density at radius 2 is 1.82 bits per heavy atom. The minimum absolute atomic E-state index is 0.150. The summed E-state index contributed by atoms with van der Waals surface area (Å²) in [6, 6.07) is 16.7. The SMILES string of the molecule is Cc1ccccc1C(=O)N[C@H](C)c1cc(C2CC(F)(F)C2)nc2ccccc12. The van der Waals surface area contributed by atoms with Gasteiger partial charge in [-0.2, -0.15) is 0 Å².